The molecule has 0 N–H and O–H groups in total. The molecule has 144 valence electrons. The summed E-state index contributed by atoms with van der Waals surface area (Å²) in [6.07, 6.45) is -3.16. The number of hydrogen-bond acceptors (Lipinski definition) is 5. The van der Waals surface area contributed by atoms with Crippen LogP contribution < -0.4 is 5.49 Å². The average Bonchev–Trinajstić information content (AvgIpc) is 2.58. The molecule has 0 atom stereocenters. The van der Waals surface area contributed by atoms with Gasteiger partial charge < -0.3 is 0 Å². The Labute approximate surface area is 156 Å². The lowest BCUT2D eigenvalue weighted by Gasteiger charge is -2.09. The molecule has 0 fully saturated rings. The molecule has 0 aliphatic rings. The lowest BCUT2D eigenvalue weighted by Crippen LogP contribution is -2.28. The number of nitro benzene ring substituents is 1. The van der Waals surface area contributed by atoms with Gasteiger partial charge in [0.2, 0.25) is 5.91 Å². The van der Waals surface area contributed by atoms with E-state index in [0.717, 1.165) is 23.9 Å². The standard InChI is InChI=1S/C17H16F3N3O3S/c1-11(2)21-15-5-3-4-8-22(15)16(24)10-27-14-7-6-12(17(18,19)20)9-13(14)23(25)26/h3-9,11H,10H2,1-2H3. The first-order valence-electron chi connectivity index (χ1n) is 7.82. The summed E-state index contributed by atoms with van der Waals surface area (Å²) in [6.45, 7) is 3.70. The highest BCUT2D eigenvalue weighted by atomic mass is 32.2. The van der Waals surface area contributed by atoms with E-state index in [1.165, 1.54) is 10.8 Å². The van der Waals surface area contributed by atoms with Gasteiger partial charge in [-0.05, 0) is 38.1 Å². The van der Waals surface area contributed by atoms with Crippen molar-refractivity contribution in [1.82, 2.24) is 4.57 Å². The monoisotopic (exact) mass is 399 g/mol. The van der Waals surface area contributed by atoms with Gasteiger partial charge in [0.1, 0.15) is 5.49 Å². The number of pyridine rings is 1. The van der Waals surface area contributed by atoms with E-state index >= 15 is 0 Å². The highest BCUT2D eigenvalue weighted by molar-refractivity contribution is 8.00. The fraction of sp³-hybridized carbons (Fsp3) is 0.294. The summed E-state index contributed by atoms with van der Waals surface area (Å²) in [4.78, 5) is 27.0. The Balaban J connectivity index is 2.27. The van der Waals surface area contributed by atoms with Crippen molar-refractivity contribution in [2.45, 2.75) is 31.0 Å². The highest BCUT2D eigenvalue weighted by Gasteiger charge is 2.33. The molecule has 1 aromatic heterocycles. The summed E-state index contributed by atoms with van der Waals surface area (Å²) in [5.74, 6) is -0.587. The number of rotatable bonds is 5. The second-order valence-corrected chi connectivity index (χ2v) is 6.79. The minimum atomic E-state index is -4.68. The van der Waals surface area contributed by atoms with Gasteiger partial charge in [0.05, 0.1) is 21.1 Å². The number of carbonyl (C=O) groups is 1. The average molecular weight is 399 g/mol. The van der Waals surface area contributed by atoms with Crippen molar-refractivity contribution in [1.29, 1.82) is 0 Å². The maximum absolute atomic E-state index is 12.7. The molecule has 10 heteroatoms. The SMILES string of the molecule is CC(C)N=c1ccccn1C(=O)CSc1ccc(C(F)(F)F)cc1[N+](=O)[O-]. The maximum Gasteiger partial charge on any atom is 0.416 e. The molecule has 2 aromatic rings. The first kappa shape index (κ1) is 20.7. The quantitative estimate of drug-likeness (QED) is 0.430. The van der Waals surface area contributed by atoms with Crippen molar-refractivity contribution in [3.05, 3.63) is 63.8 Å². The lowest BCUT2D eigenvalue weighted by atomic mass is 10.2. The Morgan fingerprint density at radius 3 is 2.59 bits per heavy atom. The van der Waals surface area contributed by atoms with E-state index < -0.39 is 28.3 Å². The van der Waals surface area contributed by atoms with Gasteiger partial charge in [-0.25, -0.2) is 0 Å². The Morgan fingerprint density at radius 2 is 2.00 bits per heavy atom. The van der Waals surface area contributed by atoms with Crippen molar-refractivity contribution in [3.63, 3.8) is 0 Å². The zero-order chi connectivity index (χ0) is 20.2. The predicted octanol–water partition coefficient (Wildman–Crippen LogP) is 4.16. The lowest BCUT2D eigenvalue weighted by molar-refractivity contribution is -0.388. The van der Waals surface area contributed by atoms with Gasteiger partial charge in [0.15, 0.2) is 0 Å². The molecule has 0 aliphatic heterocycles. The number of carbonyl (C=O) groups excluding carboxylic acids is 1. The van der Waals surface area contributed by atoms with Crippen LogP contribution in [-0.4, -0.2) is 27.2 Å². The largest absolute Gasteiger partial charge is 0.416 e. The molecule has 1 aromatic carbocycles. The number of nitrogens with zero attached hydrogens (tertiary/aromatic N) is 3. The van der Waals surface area contributed by atoms with Crippen LogP contribution in [0.1, 0.15) is 24.2 Å². The maximum atomic E-state index is 12.7. The molecule has 0 amide bonds. The minimum Gasteiger partial charge on any atom is -0.273 e. The molecular weight excluding hydrogens is 383 g/mol. The fourth-order valence-electron chi connectivity index (χ4n) is 2.18. The smallest absolute Gasteiger partial charge is 0.273 e. The number of aromatic nitrogens is 1. The van der Waals surface area contributed by atoms with Crippen LogP contribution in [0, 0.1) is 10.1 Å². The Kier molecular flexibility index (Phi) is 6.42. The summed E-state index contributed by atoms with van der Waals surface area (Å²) in [5.41, 5.74) is -1.37. The number of nitro groups is 1. The molecule has 2 rings (SSSR count). The molecule has 0 bridgehead atoms. The van der Waals surface area contributed by atoms with Crippen molar-refractivity contribution in [2.24, 2.45) is 4.99 Å². The third-order valence-corrected chi connectivity index (χ3v) is 4.38. The molecule has 1 heterocycles. The molecule has 27 heavy (non-hydrogen) atoms. The number of halogens is 3. The normalized spacial score (nSPS) is 12.4. The highest BCUT2D eigenvalue weighted by Crippen LogP contribution is 2.36. The third-order valence-electron chi connectivity index (χ3n) is 3.33. The van der Waals surface area contributed by atoms with E-state index in [4.69, 9.17) is 0 Å². The van der Waals surface area contributed by atoms with Crippen LogP contribution in [-0.2, 0) is 6.18 Å². The van der Waals surface area contributed by atoms with Crippen molar-refractivity contribution in [3.8, 4) is 0 Å². The van der Waals surface area contributed by atoms with Crippen LogP contribution in [0.25, 0.3) is 0 Å². The zero-order valence-electron chi connectivity index (χ0n) is 14.4. The molecular formula is C17H16F3N3O3S. The van der Waals surface area contributed by atoms with E-state index in [-0.39, 0.29) is 16.7 Å². The molecule has 6 nitrogen and oxygen atoms in total. The van der Waals surface area contributed by atoms with Crippen LogP contribution in [0.4, 0.5) is 18.9 Å². The van der Waals surface area contributed by atoms with Crippen LogP contribution >= 0.6 is 11.8 Å². The second-order valence-electron chi connectivity index (χ2n) is 5.77. The number of benzene rings is 1. The van der Waals surface area contributed by atoms with Crippen LogP contribution in [0.15, 0.2) is 52.5 Å². The summed E-state index contributed by atoms with van der Waals surface area (Å²) in [7, 11) is 0. The fourth-order valence-corrected chi connectivity index (χ4v) is 3.05. The molecule has 0 saturated carbocycles. The van der Waals surface area contributed by atoms with Gasteiger partial charge in [-0.3, -0.25) is 24.5 Å². The molecule has 0 unspecified atom stereocenters. The number of hydrogen-bond donors (Lipinski definition) is 0. The van der Waals surface area contributed by atoms with Crippen LogP contribution in [0.3, 0.4) is 0 Å². The van der Waals surface area contributed by atoms with Gasteiger partial charge in [-0.15, -0.1) is 11.8 Å². The topological polar surface area (TPSA) is 77.5 Å². The summed E-state index contributed by atoms with van der Waals surface area (Å²) >= 11 is 0.804. The van der Waals surface area contributed by atoms with Gasteiger partial charge >= 0.3 is 6.18 Å². The summed E-state index contributed by atoms with van der Waals surface area (Å²) in [5, 5.41) is 11.1. The molecule has 0 spiro atoms. The van der Waals surface area contributed by atoms with E-state index in [0.29, 0.717) is 11.6 Å². The predicted molar refractivity (Wildman–Crippen MR) is 94.6 cm³/mol. The summed E-state index contributed by atoms with van der Waals surface area (Å²) in [6, 6.07) is 7.21. The summed E-state index contributed by atoms with van der Waals surface area (Å²) < 4.78 is 39.6. The van der Waals surface area contributed by atoms with Crippen molar-refractivity contribution in [2.75, 3.05) is 5.75 Å². The van der Waals surface area contributed by atoms with Gasteiger partial charge in [-0.2, -0.15) is 13.2 Å². The molecule has 0 radical (unpaired) electrons. The zero-order valence-corrected chi connectivity index (χ0v) is 15.3. The van der Waals surface area contributed by atoms with E-state index in [9.17, 15) is 28.1 Å². The van der Waals surface area contributed by atoms with E-state index in [2.05, 4.69) is 4.99 Å². The van der Waals surface area contributed by atoms with Gasteiger partial charge in [-0.1, -0.05) is 6.07 Å². The molecule has 0 saturated heterocycles. The van der Waals surface area contributed by atoms with Gasteiger partial charge in [0.25, 0.3) is 5.69 Å². The molecule has 0 aliphatic carbocycles. The van der Waals surface area contributed by atoms with E-state index in [1.54, 1.807) is 18.2 Å². The van der Waals surface area contributed by atoms with Crippen LogP contribution in [0.2, 0.25) is 0 Å². The van der Waals surface area contributed by atoms with Crippen molar-refractivity contribution >= 4 is 23.4 Å². The number of alkyl halides is 3. The van der Waals surface area contributed by atoms with Crippen molar-refractivity contribution < 1.29 is 22.9 Å². The Hall–Kier alpha value is -2.62. The van der Waals surface area contributed by atoms with Crippen LogP contribution in [0.5, 0.6) is 0 Å². The third kappa shape index (κ3) is 5.43. The van der Waals surface area contributed by atoms with E-state index in [1.807, 2.05) is 13.8 Å². The Morgan fingerprint density at radius 1 is 1.30 bits per heavy atom. The first-order chi connectivity index (χ1) is 12.6. The number of thioether (sulfide) groups is 1. The minimum absolute atomic E-state index is 0.0137. The second kappa shape index (κ2) is 8.38. The van der Waals surface area contributed by atoms with Gasteiger partial charge in [0, 0.05) is 18.3 Å². The first-order valence-corrected chi connectivity index (χ1v) is 8.81. The Bertz CT molecular complexity index is 923.